The van der Waals surface area contributed by atoms with Crippen molar-refractivity contribution in [3.05, 3.63) is 39.8 Å². The topological polar surface area (TPSA) is 95.6 Å². The minimum atomic E-state index is -0.218. The average Bonchev–Trinajstić information content (AvgIpc) is 2.37. The van der Waals surface area contributed by atoms with Crippen molar-refractivity contribution in [1.29, 1.82) is 5.26 Å². The van der Waals surface area contributed by atoms with Crippen molar-refractivity contribution in [2.45, 2.75) is 19.4 Å². The molecule has 2 aromatic rings. The minimum Gasteiger partial charge on any atom is -0.325 e. The number of nitrogens with two attached hydrogens (primary N) is 1. The van der Waals surface area contributed by atoms with Crippen LogP contribution in [-0.4, -0.2) is 10.2 Å². The van der Waals surface area contributed by atoms with E-state index in [4.69, 9.17) is 11.0 Å². The fourth-order valence-corrected chi connectivity index (χ4v) is 1.78. The zero-order chi connectivity index (χ0) is 12.3. The second-order valence-corrected chi connectivity index (χ2v) is 3.74. The summed E-state index contributed by atoms with van der Waals surface area (Å²) in [6.45, 7) is 0.273. The molecule has 5 heteroatoms. The van der Waals surface area contributed by atoms with Gasteiger partial charge in [-0.3, -0.25) is 4.79 Å². The number of aryl methyl sites for hydroxylation is 1. The lowest BCUT2D eigenvalue weighted by Crippen LogP contribution is -2.13. The lowest BCUT2D eigenvalue weighted by Gasteiger charge is -2.04. The summed E-state index contributed by atoms with van der Waals surface area (Å²) < 4.78 is 0. The van der Waals surface area contributed by atoms with Crippen molar-refractivity contribution in [3.8, 4) is 6.07 Å². The van der Waals surface area contributed by atoms with Crippen LogP contribution < -0.4 is 11.3 Å². The zero-order valence-corrected chi connectivity index (χ0v) is 9.23. The van der Waals surface area contributed by atoms with Crippen molar-refractivity contribution >= 4 is 10.8 Å². The predicted octanol–water partition coefficient (Wildman–Crippen LogP) is 0.838. The van der Waals surface area contributed by atoms with Gasteiger partial charge in [0.2, 0.25) is 0 Å². The lowest BCUT2D eigenvalue weighted by molar-refractivity contribution is 0.899. The molecule has 0 radical (unpaired) electrons. The molecule has 0 saturated carbocycles. The van der Waals surface area contributed by atoms with Gasteiger partial charge in [-0.05, 0) is 24.1 Å². The third-order valence-corrected chi connectivity index (χ3v) is 2.65. The molecule has 0 amide bonds. The van der Waals surface area contributed by atoms with Gasteiger partial charge in [0.25, 0.3) is 5.56 Å². The van der Waals surface area contributed by atoms with Gasteiger partial charge in [-0.2, -0.15) is 10.4 Å². The van der Waals surface area contributed by atoms with Crippen LogP contribution in [0.15, 0.2) is 23.0 Å². The van der Waals surface area contributed by atoms with E-state index in [-0.39, 0.29) is 12.1 Å². The van der Waals surface area contributed by atoms with Gasteiger partial charge >= 0.3 is 0 Å². The zero-order valence-electron chi connectivity index (χ0n) is 9.23. The Morgan fingerprint density at radius 2 is 2.24 bits per heavy atom. The number of hydrogen-bond donors (Lipinski definition) is 2. The Kier molecular flexibility index (Phi) is 3.17. The van der Waals surface area contributed by atoms with Crippen LogP contribution in [0, 0.1) is 11.3 Å². The molecule has 0 aliphatic heterocycles. The van der Waals surface area contributed by atoms with E-state index < -0.39 is 0 Å². The van der Waals surface area contributed by atoms with E-state index in [1.165, 1.54) is 0 Å². The highest BCUT2D eigenvalue weighted by Crippen LogP contribution is 2.16. The summed E-state index contributed by atoms with van der Waals surface area (Å²) in [7, 11) is 0. The Morgan fingerprint density at radius 3 is 2.94 bits per heavy atom. The third-order valence-electron chi connectivity index (χ3n) is 2.65. The number of aromatic nitrogens is 2. The lowest BCUT2D eigenvalue weighted by atomic mass is 10.0. The fourth-order valence-electron chi connectivity index (χ4n) is 1.78. The molecule has 1 heterocycles. The summed E-state index contributed by atoms with van der Waals surface area (Å²) in [6, 6.07) is 7.59. The largest absolute Gasteiger partial charge is 0.325 e. The Hall–Kier alpha value is -2.19. The molecule has 5 nitrogen and oxygen atoms in total. The second kappa shape index (κ2) is 4.76. The van der Waals surface area contributed by atoms with Gasteiger partial charge < -0.3 is 5.73 Å². The smallest absolute Gasteiger partial charge is 0.272 e. The van der Waals surface area contributed by atoms with Crippen molar-refractivity contribution in [1.82, 2.24) is 10.2 Å². The molecule has 0 atom stereocenters. The predicted molar refractivity (Wildman–Crippen MR) is 64.2 cm³/mol. The minimum absolute atomic E-state index is 0.218. The Bertz CT molecular complexity index is 639. The Labute approximate surface area is 97.9 Å². The number of nitriles is 1. The SMILES string of the molecule is N#CCCc1ccc2c(=O)[nH]nc(CN)c2c1. The van der Waals surface area contributed by atoms with E-state index in [0.29, 0.717) is 23.9 Å². The molecule has 3 N–H and O–H groups in total. The van der Waals surface area contributed by atoms with Crippen molar-refractivity contribution < 1.29 is 0 Å². The monoisotopic (exact) mass is 228 g/mol. The van der Waals surface area contributed by atoms with Gasteiger partial charge in [0.05, 0.1) is 17.1 Å². The molecule has 0 unspecified atom stereocenters. The molecule has 1 aromatic carbocycles. The first-order valence-corrected chi connectivity index (χ1v) is 5.33. The molecule has 2 rings (SSSR count). The van der Waals surface area contributed by atoms with Crippen LogP contribution >= 0.6 is 0 Å². The molecule has 17 heavy (non-hydrogen) atoms. The van der Waals surface area contributed by atoms with E-state index >= 15 is 0 Å². The highest BCUT2D eigenvalue weighted by molar-refractivity contribution is 5.84. The quantitative estimate of drug-likeness (QED) is 0.813. The average molecular weight is 228 g/mol. The number of fused-ring (bicyclic) bond motifs is 1. The van der Waals surface area contributed by atoms with Crippen LogP contribution in [0.4, 0.5) is 0 Å². The fraction of sp³-hybridized carbons (Fsp3) is 0.250. The molecule has 1 aromatic heterocycles. The van der Waals surface area contributed by atoms with E-state index in [2.05, 4.69) is 16.3 Å². The van der Waals surface area contributed by atoms with Crippen molar-refractivity contribution in [3.63, 3.8) is 0 Å². The first-order valence-electron chi connectivity index (χ1n) is 5.33. The molecule has 0 aliphatic carbocycles. The highest BCUT2D eigenvalue weighted by Gasteiger charge is 2.06. The maximum atomic E-state index is 11.6. The van der Waals surface area contributed by atoms with Crippen molar-refractivity contribution in [2.75, 3.05) is 0 Å². The summed E-state index contributed by atoms with van der Waals surface area (Å²) in [5, 5.41) is 16.2. The molecular formula is C12H12N4O. The van der Waals surface area contributed by atoms with E-state index in [1.807, 2.05) is 12.1 Å². The molecule has 0 bridgehead atoms. The van der Waals surface area contributed by atoms with E-state index in [1.54, 1.807) is 6.07 Å². The van der Waals surface area contributed by atoms with E-state index in [0.717, 1.165) is 10.9 Å². The van der Waals surface area contributed by atoms with Crippen LogP contribution in [0.2, 0.25) is 0 Å². The third kappa shape index (κ3) is 2.17. The number of H-pyrrole nitrogens is 1. The molecule has 86 valence electrons. The van der Waals surface area contributed by atoms with Gasteiger partial charge in [-0.25, -0.2) is 5.10 Å². The van der Waals surface area contributed by atoms with Gasteiger partial charge in [0.15, 0.2) is 0 Å². The standard InChI is InChI=1S/C12H12N4O/c13-5-1-2-8-3-4-9-10(6-8)11(7-14)15-16-12(9)17/h3-4,6H,1-2,7,14H2,(H,16,17). The number of aromatic amines is 1. The number of hydrogen-bond acceptors (Lipinski definition) is 4. The summed E-state index contributed by atoms with van der Waals surface area (Å²) in [4.78, 5) is 11.6. The highest BCUT2D eigenvalue weighted by atomic mass is 16.1. The van der Waals surface area contributed by atoms with Crippen LogP contribution in [0.1, 0.15) is 17.7 Å². The number of rotatable bonds is 3. The van der Waals surface area contributed by atoms with Crippen LogP contribution in [0.3, 0.4) is 0 Å². The van der Waals surface area contributed by atoms with Gasteiger partial charge in [0.1, 0.15) is 0 Å². The van der Waals surface area contributed by atoms with Crippen LogP contribution in [0.25, 0.3) is 10.8 Å². The second-order valence-electron chi connectivity index (χ2n) is 3.74. The van der Waals surface area contributed by atoms with Crippen LogP contribution in [-0.2, 0) is 13.0 Å². The number of nitrogens with zero attached hydrogens (tertiary/aromatic N) is 2. The Balaban J connectivity index is 2.59. The summed E-state index contributed by atoms with van der Waals surface area (Å²) in [5.41, 5.74) is 7.04. The van der Waals surface area contributed by atoms with Gasteiger partial charge in [-0.15, -0.1) is 0 Å². The maximum absolute atomic E-state index is 11.6. The van der Waals surface area contributed by atoms with Gasteiger partial charge in [-0.1, -0.05) is 6.07 Å². The van der Waals surface area contributed by atoms with E-state index in [9.17, 15) is 4.79 Å². The first kappa shape index (κ1) is 11.3. The van der Waals surface area contributed by atoms with Crippen LogP contribution in [0.5, 0.6) is 0 Å². The summed E-state index contributed by atoms with van der Waals surface area (Å²) >= 11 is 0. The summed E-state index contributed by atoms with van der Waals surface area (Å²) in [5.74, 6) is 0. The maximum Gasteiger partial charge on any atom is 0.272 e. The van der Waals surface area contributed by atoms with Crippen molar-refractivity contribution in [2.24, 2.45) is 5.73 Å². The Morgan fingerprint density at radius 1 is 1.41 bits per heavy atom. The molecule has 0 spiro atoms. The normalized spacial score (nSPS) is 10.4. The molecule has 0 fully saturated rings. The molecular weight excluding hydrogens is 216 g/mol. The molecule has 0 aliphatic rings. The summed E-state index contributed by atoms with van der Waals surface area (Å²) in [6.07, 6.45) is 1.13. The first-order chi connectivity index (χ1) is 8.26. The number of nitrogens with one attached hydrogen (secondary N) is 1. The molecule has 0 saturated heterocycles. The van der Waals surface area contributed by atoms with Gasteiger partial charge in [0, 0.05) is 18.4 Å². The number of benzene rings is 1.